The lowest BCUT2D eigenvalue weighted by atomic mass is 9.85. The SMILES string of the molecule is CCCN1CCC(C)(F)C(C#N)C1. The van der Waals surface area contributed by atoms with Crippen LogP contribution >= 0.6 is 0 Å². The third-order valence-corrected chi connectivity index (χ3v) is 2.78. The van der Waals surface area contributed by atoms with Crippen LogP contribution in [0.1, 0.15) is 26.7 Å². The molecule has 0 aliphatic carbocycles. The Morgan fingerprint density at radius 1 is 1.69 bits per heavy atom. The van der Waals surface area contributed by atoms with E-state index in [0.717, 1.165) is 19.5 Å². The second-order valence-corrected chi connectivity index (χ2v) is 4.01. The zero-order chi connectivity index (χ0) is 9.90. The minimum Gasteiger partial charge on any atom is -0.302 e. The minimum atomic E-state index is -1.28. The van der Waals surface area contributed by atoms with Crippen molar-refractivity contribution in [3.8, 4) is 6.07 Å². The Hall–Kier alpha value is -0.620. The molecular weight excluding hydrogens is 167 g/mol. The number of likely N-dealkylation sites (tertiary alicyclic amines) is 1. The molecule has 1 rings (SSSR count). The first kappa shape index (κ1) is 10.5. The molecule has 1 aliphatic rings. The van der Waals surface area contributed by atoms with Gasteiger partial charge in [-0.05, 0) is 26.3 Å². The van der Waals surface area contributed by atoms with Crippen molar-refractivity contribution in [2.24, 2.45) is 5.92 Å². The Kier molecular flexibility index (Phi) is 3.27. The van der Waals surface area contributed by atoms with E-state index in [4.69, 9.17) is 5.26 Å². The lowest BCUT2D eigenvalue weighted by Gasteiger charge is -2.37. The third kappa shape index (κ3) is 2.41. The smallest absolute Gasteiger partial charge is 0.126 e. The van der Waals surface area contributed by atoms with Crippen molar-refractivity contribution >= 4 is 0 Å². The van der Waals surface area contributed by atoms with Gasteiger partial charge in [0.25, 0.3) is 0 Å². The zero-order valence-electron chi connectivity index (χ0n) is 8.39. The van der Waals surface area contributed by atoms with Gasteiger partial charge < -0.3 is 4.90 Å². The molecule has 1 heterocycles. The minimum absolute atomic E-state index is 0.451. The Morgan fingerprint density at radius 3 is 2.92 bits per heavy atom. The highest BCUT2D eigenvalue weighted by Crippen LogP contribution is 2.30. The van der Waals surface area contributed by atoms with Crippen LogP contribution in [0.5, 0.6) is 0 Å². The Bertz CT molecular complexity index is 207. The fraction of sp³-hybridized carbons (Fsp3) is 0.900. The average Bonchev–Trinajstić information content (AvgIpc) is 2.08. The fourth-order valence-electron chi connectivity index (χ4n) is 1.79. The van der Waals surface area contributed by atoms with E-state index in [1.165, 1.54) is 0 Å². The summed E-state index contributed by atoms with van der Waals surface area (Å²) in [5, 5.41) is 8.80. The van der Waals surface area contributed by atoms with Crippen LogP contribution in [0.15, 0.2) is 0 Å². The summed E-state index contributed by atoms with van der Waals surface area (Å²) in [6, 6.07) is 2.07. The number of halogens is 1. The molecule has 2 atom stereocenters. The molecule has 1 aliphatic heterocycles. The number of piperidine rings is 1. The highest BCUT2D eigenvalue weighted by atomic mass is 19.1. The van der Waals surface area contributed by atoms with Gasteiger partial charge in [-0.1, -0.05) is 6.92 Å². The maximum Gasteiger partial charge on any atom is 0.126 e. The predicted molar refractivity (Wildman–Crippen MR) is 50.0 cm³/mol. The molecule has 2 nitrogen and oxygen atoms in total. The van der Waals surface area contributed by atoms with E-state index >= 15 is 0 Å². The number of nitrogens with zero attached hydrogens (tertiary/aromatic N) is 2. The van der Waals surface area contributed by atoms with Crippen molar-refractivity contribution in [3.05, 3.63) is 0 Å². The predicted octanol–water partition coefficient (Wildman–Crippen LogP) is 1.97. The number of hydrogen-bond acceptors (Lipinski definition) is 2. The zero-order valence-corrected chi connectivity index (χ0v) is 8.39. The van der Waals surface area contributed by atoms with Crippen LogP contribution < -0.4 is 0 Å². The quantitative estimate of drug-likeness (QED) is 0.656. The van der Waals surface area contributed by atoms with Crippen LogP contribution in [0.4, 0.5) is 4.39 Å². The summed E-state index contributed by atoms with van der Waals surface area (Å²) in [6.45, 7) is 6.01. The summed E-state index contributed by atoms with van der Waals surface area (Å²) in [5.41, 5.74) is -1.28. The second kappa shape index (κ2) is 4.06. The molecule has 0 N–H and O–H groups in total. The topological polar surface area (TPSA) is 27.0 Å². The van der Waals surface area contributed by atoms with Crippen molar-refractivity contribution in [2.75, 3.05) is 19.6 Å². The lowest BCUT2D eigenvalue weighted by Crippen LogP contribution is -2.47. The summed E-state index contributed by atoms with van der Waals surface area (Å²) in [7, 11) is 0. The van der Waals surface area contributed by atoms with E-state index in [0.29, 0.717) is 13.0 Å². The summed E-state index contributed by atoms with van der Waals surface area (Å²) in [6.07, 6.45) is 1.56. The molecule has 13 heavy (non-hydrogen) atoms. The Labute approximate surface area is 79.3 Å². The van der Waals surface area contributed by atoms with Crippen molar-refractivity contribution in [3.63, 3.8) is 0 Å². The van der Waals surface area contributed by atoms with Gasteiger partial charge in [-0.3, -0.25) is 0 Å². The monoisotopic (exact) mass is 184 g/mol. The molecule has 0 bridgehead atoms. The summed E-state index contributed by atoms with van der Waals surface area (Å²) < 4.78 is 13.7. The highest BCUT2D eigenvalue weighted by molar-refractivity contribution is 5.01. The number of rotatable bonds is 2. The number of nitriles is 1. The van der Waals surface area contributed by atoms with Gasteiger partial charge in [-0.25, -0.2) is 4.39 Å². The van der Waals surface area contributed by atoms with Crippen molar-refractivity contribution in [1.29, 1.82) is 5.26 Å². The molecule has 0 aromatic heterocycles. The summed E-state index contributed by atoms with van der Waals surface area (Å²) >= 11 is 0. The van der Waals surface area contributed by atoms with Crippen LogP contribution in [0.3, 0.4) is 0 Å². The maximum absolute atomic E-state index is 13.7. The first-order valence-electron chi connectivity index (χ1n) is 4.91. The van der Waals surface area contributed by atoms with Crippen molar-refractivity contribution in [1.82, 2.24) is 4.90 Å². The third-order valence-electron chi connectivity index (χ3n) is 2.78. The van der Waals surface area contributed by atoms with E-state index in [1.54, 1.807) is 6.92 Å². The first-order valence-corrected chi connectivity index (χ1v) is 4.91. The van der Waals surface area contributed by atoms with Gasteiger partial charge in [0.2, 0.25) is 0 Å². The van der Waals surface area contributed by atoms with Crippen LogP contribution in [-0.4, -0.2) is 30.2 Å². The van der Waals surface area contributed by atoms with Gasteiger partial charge in [0.05, 0.1) is 12.0 Å². The number of hydrogen-bond donors (Lipinski definition) is 0. The van der Waals surface area contributed by atoms with Gasteiger partial charge in [0.1, 0.15) is 5.67 Å². The maximum atomic E-state index is 13.7. The van der Waals surface area contributed by atoms with Crippen LogP contribution in [-0.2, 0) is 0 Å². The number of alkyl halides is 1. The lowest BCUT2D eigenvalue weighted by molar-refractivity contribution is 0.0374. The van der Waals surface area contributed by atoms with E-state index < -0.39 is 11.6 Å². The molecule has 74 valence electrons. The first-order chi connectivity index (χ1) is 6.10. The van der Waals surface area contributed by atoms with Gasteiger partial charge in [-0.2, -0.15) is 5.26 Å². The molecule has 0 aromatic carbocycles. The molecule has 0 amide bonds. The molecular formula is C10H17FN2. The van der Waals surface area contributed by atoms with E-state index in [2.05, 4.69) is 17.9 Å². The highest BCUT2D eigenvalue weighted by Gasteiger charge is 2.39. The molecule has 3 heteroatoms. The average molecular weight is 184 g/mol. The van der Waals surface area contributed by atoms with Gasteiger partial charge in [0.15, 0.2) is 0 Å². The molecule has 2 unspecified atom stereocenters. The molecule has 1 saturated heterocycles. The second-order valence-electron chi connectivity index (χ2n) is 4.01. The normalized spacial score (nSPS) is 35.7. The van der Waals surface area contributed by atoms with Gasteiger partial charge >= 0.3 is 0 Å². The Morgan fingerprint density at radius 2 is 2.38 bits per heavy atom. The van der Waals surface area contributed by atoms with Crippen LogP contribution in [0, 0.1) is 17.2 Å². The van der Waals surface area contributed by atoms with Gasteiger partial charge in [-0.15, -0.1) is 0 Å². The fourth-order valence-corrected chi connectivity index (χ4v) is 1.79. The molecule has 0 aromatic rings. The summed E-state index contributed by atoms with van der Waals surface area (Å²) in [5.74, 6) is -0.451. The van der Waals surface area contributed by atoms with Crippen molar-refractivity contribution in [2.45, 2.75) is 32.4 Å². The molecule has 0 saturated carbocycles. The molecule has 0 spiro atoms. The molecule has 1 fully saturated rings. The van der Waals surface area contributed by atoms with E-state index in [1.807, 2.05) is 0 Å². The standard InChI is InChI=1S/C10H17FN2/c1-3-5-13-6-4-10(2,11)9(7-12)8-13/h9H,3-6,8H2,1-2H3. The Balaban J connectivity index is 2.54. The molecule has 0 radical (unpaired) electrons. The summed E-state index contributed by atoms with van der Waals surface area (Å²) in [4.78, 5) is 2.18. The largest absolute Gasteiger partial charge is 0.302 e. The van der Waals surface area contributed by atoms with E-state index in [-0.39, 0.29) is 0 Å². The van der Waals surface area contributed by atoms with Crippen LogP contribution in [0.2, 0.25) is 0 Å². The van der Waals surface area contributed by atoms with Crippen LogP contribution in [0.25, 0.3) is 0 Å². The van der Waals surface area contributed by atoms with Gasteiger partial charge in [0, 0.05) is 13.1 Å². The van der Waals surface area contributed by atoms with E-state index in [9.17, 15) is 4.39 Å². The van der Waals surface area contributed by atoms with Crippen molar-refractivity contribution < 1.29 is 4.39 Å².